The van der Waals surface area contributed by atoms with E-state index >= 15 is 0 Å². The molecule has 20 heavy (non-hydrogen) atoms. The van der Waals surface area contributed by atoms with Crippen molar-refractivity contribution in [2.45, 2.75) is 35.7 Å². The van der Waals surface area contributed by atoms with Gasteiger partial charge in [-0.15, -0.1) is 11.8 Å². The van der Waals surface area contributed by atoms with E-state index in [1.807, 2.05) is 11.8 Å². The largest absolute Gasteiger partial charge is 0.306 e. The SMILES string of the molecule is c1ccc(C2CC2NC2CCSc3ccccc32)cc1. The first-order chi connectivity index (χ1) is 9.92. The van der Waals surface area contributed by atoms with Crippen LogP contribution < -0.4 is 5.32 Å². The number of hydrogen-bond donors (Lipinski definition) is 1. The maximum atomic E-state index is 3.88. The van der Waals surface area contributed by atoms with Gasteiger partial charge in [-0.1, -0.05) is 48.5 Å². The molecule has 0 spiro atoms. The van der Waals surface area contributed by atoms with Gasteiger partial charge < -0.3 is 5.32 Å². The molecule has 2 aromatic carbocycles. The molecule has 1 fully saturated rings. The molecular formula is C18H19NS. The van der Waals surface area contributed by atoms with Gasteiger partial charge in [0.25, 0.3) is 0 Å². The molecule has 3 unspecified atom stereocenters. The minimum atomic E-state index is 0.547. The second-order valence-corrected chi connectivity index (χ2v) is 6.89. The molecule has 0 amide bonds. The summed E-state index contributed by atoms with van der Waals surface area (Å²) in [5, 5.41) is 3.88. The van der Waals surface area contributed by atoms with Crippen LogP contribution in [0.1, 0.15) is 35.9 Å². The average Bonchev–Trinajstić information content (AvgIpc) is 3.28. The van der Waals surface area contributed by atoms with Crippen molar-refractivity contribution in [1.82, 2.24) is 5.32 Å². The Hall–Kier alpha value is -1.25. The van der Waals surface area contributed by atoms with Crippen molar-refractivity contribution in [3.8, 4) is 0 Å². The normalized spacial score (nSPS) is 27.9. The molecule has 1 nitrogen and oxygen atoms in total. The van der Waals surface area contributed by atoms with Gasteiger partial charge >= 0.3 is 0 Å². The van der Waals surface area contributed by atoms with E-state index in [1.54, 1.807) is 0 Å². The van der Waals surface area contributed by atoms with Crippen molar-refractivity contribution in [3.63, 3.8) is 0 Å². The Morgan fingerprint density at radius 1 is 0.950 bits per heavy atom. The fourth-order valence-electron chi connectivity index (χ4n) is 3.22. The fraction of sp³-hybridized carbons (Fsp3) is 0.333. The summed E-state index contributed by atoms with van der Waals surface area (Å²) in [4.78, 5) is 1.47. The van der Waals surface area contributed by atoms with Gasteiger partial charge in [-0.3, -0.25) is 0 Å². The molecule has 1 heterocycles. The van der Waals surface area contributed by atoms with Crippen molar-refractivity contribution in [3.05, 3.63) is 65.7 Å². The Bertz CT molecular complexity index is 595. The van der Waals surface area contributed by atoms with Crippen LogP contribution in [0.15, 0.2) is 59.5 Å². The molecule has 0 radical (unpaired) electrons. The quantitative estimate of drug-likeness (QED) is 0.896. The lowest BCUT2D eigenvalue weighted by atomic mass is 10.0. The third-order valence-corrected chi connectivity index (χ3v) is 5.51. The number of nitrogens with one attached hydrogen (secondary N) is 1. The third kappa shape index (κ3) is 2.38. The summed E-state index contributed by atoms with van der Waals surface area (Å²) >= 11 is 2.00. The lowest BCUT2D eigenvalue weighted by Crippen LogP contribution is -2.27. The van der Waals surface area contributed by atoms with Crippen LogP contribution in [0.25, 0.3) is 0 Å². The highest BCUT2D eigenvalue weighted by atomic mass is 32.2. The van der Waals surface area contributed by atoms with Gasteiger partial charge in [-0.2, -0.15) is 0 Å². The molecule has 0 saturated heterocycles. The topological polar surface area (TPSA) is 12.0 Å². The molecule has 0 bridgehead atoms. The lowest BCUT2D eigenvalue weighted by molar-refractivity contribution is 0.502. The summed E-state index contributed by atoms with van der Waals surface area (Å²) in [5.41, 5.74) is 2.99. The van der Waals surface area contributed by atoms with E-state index in [0.29, 0.717) is 12.1 Å². The van der Waals surface area contributed by atoms with Gasteiger partial charge in [0, 0.05) is 22.9 Å². The molecule has 2 aliphatic rings. The van der Waals surface area contributed by atoms with Gasteiger partial charge in [0.1, 0.15) is 0 Å². The summed E-state index contributed by atoms with van der Waals surface area (Å²) < 4.78 is 0. The fourth-order valence-corrected chi connectivity index (χ4v) is 4.35. The highest BCUT2D eigenvalue weighted by Gasteiger charge is 2.40. The van der Waals surface area contributed by atoms with Crippen LogP contribution in [-0.2, 0) is 0 Å². The number of fused-ring (bicyclic) bond motifs is 1. The summed E-state index contributed by atoms with van der Waals surface area (Å²) in [7, 11) is 0. The zero-order valence-electron chi connectivity index (χ0n) is 11.5. The molecule has 1 saturated carbocycles. The molecule has 4 rings (SSSR count). The zero-order chi connectivity index (χ0) is 13.4. The summed E-state index contributed by atoms with van der Waals surface area (Å²) in [6.07, 6.45) is 2.54. The maximum Gasteiger partial charge on any atom is 0.0341 e. The van der Waals surface area contributed by atoms with Gasteiger partial charge in [0.2, 0.25) is 0 Å². The Balaban J connectivity index is 1.47. The predicted octanol–water partition coefficient (Wildman–Crippen LogP) is 4.37. The second kappa shape index (κ2) is 5.27. The molecule has 0 aromatic heterocycles. The van der Waals surface area contributed by atoms with E-state index < -0.39 is 0 Å². The van der Waals surface area contributed by atoms with E-state index in [2.05, 4.69) is 59.9 Å². The number of thioether (sulfide) groups is 1. The van der Waals surface area contributed by atoms with Crippen molar-refractivity contribution in [1.29, 1.82) is 0 Å². The van der Waals surface area contributed by atoms with Crippen molar-refractivity contribution < 1.29 is 0 Å². The van der Waals surface area contributed by atoms with Gasteiger partial charge in [-0.05, 0) is 35.8 Å². The second-order valence-electron chi connectivity index (χ2n) is 5.75. The van der Waals surface area contributed by atoms with Gasteiger partial charge in [0.05, 0.1) is 0 Å². The third-order valence-electron chi connectivity index (χ3n) is 4.39. The van der Waals surface area contributed by atoms with Crippen LogP contribution in [0.2, 0.25) is 0 Å². The predicted molar refractivity (Wildman–Crippen MR) is 85.2 cm³/mol. The van der Waals surface area contributed by atoms with Gasteiger partial charge in [0.15, 0.2) is 0 Å². The maximum absolute atomic E-state index is 3.88. The van der Waals surface area contributed by atoms with Crippen molar-refractivity contribution in [2.24, 2.45) is 0 Å². The van der Waals surface area contributed by atoms with Crippen LogP contribution >= 0.6 is 11.8 Å². The summed E-state index contributed by atoms with van der Waals surface area (Å²) in [6.45, 7) is 0. The zero-order valence-corrected chi connectivity index (χ0v) is 12.3. The van der Waals surface area contributed by atoms with Crippen LogP contribution in [0.5, 0.6) is 0 Å². The number of hydrogen-bond acceptors (Lipinski definition) is 2. The molecule has 1 aliphatic carbocycles. The van der Waals surface area contributed by atoms with E-state index in [0.717, 1.165) is 5.92 Å². The summed E-state index contributed by atoms with van der Waals surface area (Å²) in [6, 6.07) is 21.0. The van der Waals surface area contributed by atoms with E-state index in [1.165, 1.54) is 34.6 Å². The molecule has 2 heteroatoms. The number of benzene rings is 2. The minimum absolute atomic E-state index is 0.547. The first kappa shape index (κ1) is 12.5. The minimum Gasteiger partial charge on any atom is -0.306 e. The smallest absolute Gasteiger partial charge is 0.0341 e. The van der Waals surface area contributed by atoms with Gasteiger partial charge in [-0.25, -0.2) is 0 Å². The molecule has 1 aliphatic heterocycles. The number of rotatable bonds is 3. The Labute approximate surface area is 124 Å². The highest BCUT2D eigenvalue weighted by Crippen LogP contribution is 2.44. The summed E-state index contributed by atoms with van der Waals surface area (Å²) in [5.74, 6) is 1.95. The van der Waals surface area contributed by atoms with E-state index in [-0.39, 0.29) is 0 Å². The highest BCUT2D eigenvalue weighted by molar-refractivity contribution is 7.99. The van der Waals surface area contributed by atoms with E-state index in [4.69, 9.17) is 0 Å². The Kier molecular flexibility index (Phi) is 3.29. The van der Waals surface area contributed by atoms with Crippen LogP contribution in [0.3, 0.4) is 0 Å². The lowest BCUT2D eigenvalue weighted by Gasteiger charge is -2.26. The first-order valence-electron chi connectivity index (χ1n) is 7.44. The Morgan fingerprint density at radius 3 is 2.65 bits per heavy atom. The average molecular weight is 281 g/mol. The van der Waals surface area contributed by atoms with Crippen LogP contribution in [-0.4, -0.2) is 11.8 Å². The van der Waals surface area contributed by atoms with Crippen molar-refractivity contribution in [2.75, 3.05) is 5.75 Å². The van der Waals surface area contributed by atoms with Crippen LogP contribution in [0.4, 0.5) is 0 Å². The Morgan fingerprint density at radius 2 is 1.75 bits per heavy atom. The molecule has 102 valence electrons. The molecular weight excluding hydrogens is 262 g/mol. The molecule has 2 aromatic rings. The van der Waals surface area contributed by atoms with Crippen molar-refractivity contribution >= 4 is 11.8 Å². The van der Waals surface area contributed by atoms with E-state index in [9.17, 15) is 0 Å². The molecule has 3 atom stereocenters. The standard InChI is InChI=1S/C18H19NS/c1-2-6-13(7-3-1)15-12-17(15)19-16-10-11-20-18-9-5-4-8-14(16)18/h1-9,15-17,19H,10-12H2. The van der Waals surface area contributed by atoms with Crippen LogP contribution in [0, 0.1) is 0 Å². The molecule has 1 N–H and O–H groups in total. The monoisotopic (exact) mass is 281 g/mol. The first-order valence-corrected chi connectivity index (χ1v) is 8.43.